The fraction of sp³-hybridized carbons (Fsp3) is 0.500. The number of rotatable bonds is 5. The van der Waals surface area contributed by atoms with Crippen LogP contribution in [0.4, 0.5) is 4.79 Å². The molecule has 5 nitrogen and oxygen atoms in total. The smallest absolute Gasteiger partial charge is 0.315 e. The first-order valence-corrected chi connectivity index (χ1v) is 4.87. The van der Waals surface area contributed by atoms with Crippen LogP contribution in [0.25, 0.3) is 0 Å². The Hall–Kier alpha value is -1.49. The third kappa shape index (κ3) is 5.07. The van der Waals surface area contributed by atoms with E-state index in [2.05, 4.69) is 10.6 Å². The second-order valence-corrected chi connectivity index (χ2v) is 3.49. The van der Waals surface area contributed by atoms with E-state index >= 15 is 0 Å². The number of nitrogens with one attached hydrogen (secondary N) is 2. The van der Waals surface area contributed by atoms with Crippen molar-refractivity contribution in [2.75, 3.05) is 27.2 Å². The van der Waals surface area contributed by atoms with Crippen molar-refractivity contribution >= 4 is 6.03 Å². The first-order chi connectivity index (χ1) is 7.18. The Morgan fingerprint density at radius 1 is 1.47 bits per heavy atom. The van der Waals surface area contributed by atoms with Crippen LogP contribution in [0.3, 0.4) is 0 Å². The molecule has 1 heterocycles. The predicted molar refractivity (Wildman–Crippen MR) is 57.5 cm³/mol. The van der Waals surface area contributed by atoms with Crippen molar-refractivity contribution in [2.45, 2.75) is 6.54 Å². The van der Waals surface area contributed by atoms with Gasteiger partial charge in [-0.15, -0.1) is 0 Å². The Labute approximate surface area is 89.4 Å². The second-order valence-electron chi connectivity index (χ2n) is 3.49. The largest absolute Gasteiger partial charge is 0.467 e. The topological polar surface area (TPSA) is 57.5 Å². The van der Waals surface area contributed by atoms with Crippen molar-refractivity contribution in [1.82, 2.24) is 15.5 Å². The lowest BCUT2D eigenvalue weighted by atomic mass is 10.4. The molecule has 1 rings (SSSR count). The van der Waals surface area contributed by atoms with Crippen LogP contribution in [-0.2, 0) is 6.54 Å². The average molecular weight is 211 g/mol. The predicted octanol–water partition coefficient (Wildman–Crippen LogP) is 0.640. The third-order valence-corrected chi connectivity index (χ3v) is 1.85. The van der Waals surface area contributed by atoms with Gasteiger partial charge in [0, 0.05) is 13.1 Å². The maximum Gasteiger partial charge on any atom is 0.315 e. The lowest BCUT2D eigenvalue weighted by Gasteiger charge is -2.10. The lowest BCUT2D eigenvalue weighted by molar-refractivity contribution is 0.238. The number of carbonyl (C=O) groups is 1. The number of carbonyl (C=O) groups excluding carboxylic acids is 1. The zero-order valence-electron chi connectivity index (χ0n) is 9.12. The molecule has 84 valence electrons. The van der Waals surface area contributed by atoms with Gasteiger partial charge in [-0.3, -0.25) is 0 Å². The van der Waals surface area contributed by atoms with Crippen LogP contribution in [0.15, 0.2) is 22.8 Å². The van der Waals surface area contributed by atoms with E-state index in [0.29, 0.717) is 13.1 Å². The van der Waals surface area contributed by atoms with Crippen molar-refractivity contribution in [1.29, 1.82) is 0 Å². The van der Waals surface area contributed by atoms with Gasteiger partial charge in [-0.1, -0.05) is 0 Å². The van der Waals surface area contributed by atoms with E-state index in [4.69, 9.17) is 4.42 Å². The van der Waals surface area contributed by atoms with Crippen LogP contribution < -0.4 is 10.6 Å². The summed E-state index contributed by atoms with van der Waals surface area (Å²) in [5.74, 6) is 0.748. The van der Waals surface area contributed by atoms with Crippen LogP contribution >= 0.6 is 0 Å². The summed E-state index contributed by atoms with van der Waals surface area (Å²) in [6, 6.07) is 3.44. The summed E-state index contributed by atoms with van der Waals surface area (Å²) >= 11 is 0. The summed E-state index contributed by atoms with van der Waals surface area (Å²) in [5.41, 5.74) is 0. The van der Waals surface area contributed by atoms with Gasteiger partial charge in [0.1, 0.15) is 5.76 Å². The number of amides is 2. The molecule has 0 fully saturated rings. The highest BCUT2D eigenvalue weighted by molar-refractivity contribution is 5.73. The molecule has 15 heavy (non-hydrogen) atoms. The molecule has 0 atom stereocenters. The van der Waals surface area contributed by atoms with E-state index < -0.39 is 0 Å². The van der Waals surface area contributed by atoms with Crippen molar-refractivity contribution in [3.8, 4) is 0 Å². The van der Waals surface area contributed by atoms with Gasteiger partial charge in [-0.05, 0) is 26.2 Å². The Morgan fingerprint density at radius 2 is 2.27 bits per heavy atom. The van der Waals surface area contributed by atoms with Crippen LogP contribution in [0.5, 0.6) is 0 Å². The van der Waals surface area contributed by atoms with Gasteiger partial charge < -0.3 is 20.0 Å². The van der Waals surface area contributed by atoms with E-state index in [0.717, 1.165) is 12.3 Å². The minimum absolute atomic E-state index is 0.173. The third-order valence-electron chi connectivity index (χ3n) is 1.85. The van der Waals surface area contributed by atoms with E-state index in [9.17, 15) is 4.79 Å². The molecule has 0 bridgehead atoms. The number of likely N-dealkylation sites (N-methyl/N-ethyl adjacent to an activating group) is 1. The van der Waals surface area contributed by atoms with Gasteiger partial charge >= 0.3 is 6.03 Å². The average Bonchev–Trinajstić information content (AvgIpc) is 2.66. The minimum Gasteiger partial charge on any atom is -0.467 e. The summed E-state index contributed by atoms with van der Waals surface area (Å²) in [5, 5.41) is 5.44. The van der Waals surface area contributed by atoms with Gasteiger partial charge in [0.15, 0.2) is 0 Å². The highest BCUT2D eigenvalue weighted by atomic mass is 16.3. The first kappa shape index (κ1) is 11.6. The Kier molecular flexibility index (Phi) is 4.70. The van der Waals surface area contributed by atoms with E-state index in [1.807, 2.05) is 25.1 Å². The number of nitrogens with zero attached hydrogens (tertiary/aromatic N) is 1. The molecule has 0 spiro atoms. The molecule has 1 aromatic heterocycles. The Bertz CT molecular complexity index is 283. The molecule has 5 heteroatoms. The van der Waals surface area contributed by atoms with Gasteiger partial charge in [0.05, 0.1) is 12.8 Å². The molecule has 0 radical (unpaired) electrons. The van der Waals surface area contributed by atoms with Crippen molar-refractivity contribution < 1.29 is 9.21 Å². The van der Waals surface area contributed by atoms with Crippen LogP contribution in [0.2, 0.25) is 0 Å². The normalized spacial score (nSPS) is 10.3. The second kappa shape index (κ2) is 6.08. The van der Waals surface area contributed by atoms with Gasteiger partial charge in [-0.25, -0.2) is 4.79 Å². The van der Waals surface area contributed by atoms with E-state index in [1.165, 1.54) is 0 Å². The van der Waals surface area contributed by atoms with Gasteiger partial charge in [-0.2, -0.15) is 0 Å². The van der Waals surface area contributed by atoms with E-state index in [1.54, 1.807) is 12.3 Å². The lowest BCUT2D eigenvalue weighted by Crippen LogP contribution is -2.38. The molecule has 0 saturated carbocycles. The van der Waals surface area contributed by atoms with E-state index in [-0.39, 0.29) is 6.03 Å². The molecule has 0 aromatic carbocycles. The molecular weight excluding hydrogens is 194 g/mol. The first-order valence-electron chi connectivity index (χ1n) is 4.87. The van der Waals surface area contributed by atoms with Crippen LogP contribution in [0.1, 0.15) is 5.76 Å². The maximum absolute atomic E-state index is 11.2. The number of furan rings is 1. The monoisotopic (exact) mass is 211 g/mol. The quantitative estimate of drug-likeness (QED) is 0.751. The number of hydrogen-bond donors (Lipinski definition) is 2. The summed E-state index contributed by atoms with van der Waals surface area (Å²) in [7, 11) is 3.92. The number of hydrogen-bond acceptors (Lipinski definition) is 3. The molecular formula is C10H17N3O2. The highest BCUT2D eigenvalue weighted by Gasteiger charge is 2.00. The molecule has 0 aliphatic carbocycles. The fourth-order valence-electron chi connectivity index (χ4n) is 1.04. The zero-order valence-corrected chi connectivity index (χ0v) is 9.12. The number of urea groups is 1. The molecule has 2 N–H and O–H groups in total. The standard InChI is InChI=1S/C10H17N3O2/c1-13(2)6-5-11-10(14)12-8-9-4-3-7-15-9/h3-4,7H,5-6,8H2,1-2H3,(H2,11,12,14). The molecule has 0 saturated heterocycles. The van der Waals surface area contributed by atoms with Crippen LogP contribution in [0, 0.1) is 0 Å². The van der Waals surface area contributed by atoms with Crippen molar-refractivity contribution in [2.24, 2.45) is 0 Å². The maximum atomic E-state index is 11.2. The molecule has 1 aromatic rings. The summed E-state index contributed by atoms with van der Waals surface area (Å²) < 4.78 is 5.08. The van der Waals surface area contributed by atoms with Gasteiger partial charge in [0.2, 0.25) is 0 Å². The summed E-state index contributed by atoms with van der Waals surface area (Å²) in [6.07, 6.45) is 1.58. The Balaban J connectivity index is 2.09. The molecule has 0 aliphatic rings. The molecule has 2 amide bonds. The van der Waals surface area contributed by atoms with Crippen molar-refractivity contribution in [3.63, 3.8) is 0 Å². The van der Waals surface area contributed by atoms with Crippen LogP contribution in [-0.4, -0.2) is 38.1 Å². The Morgan fingerprint density at radius 3 is 2.87 bits per heavy atom. The summed E-state index contributed by atoms with van der Waals surface area (Å²) in [6.45, 7) is 1.88. The molecule has 0 unspecified atom stereocenters. The SMILES string of the molecule is CN(C)CCNC(=O)NCc1ccco1. The molecule has 0 aliphatic heterocycles. The zero-order chi connectivity index (χ0) is 11.1. The minimum atomic E-state index is -0.173. The fourth-order valence-corrected chi connectivity index (χ4v) is 1.04. The summed E-state index contributed by atoms with van der Waals surface area (Å²) in [4.78, 5) is 13.2. The van der Waals surface area contributed by atoms with Crippen molar-refractivity contribution in [3.05, 3.63) is 24.2 Å². The highest BCUT2D eigenvalue weighted by Crippen LogP contribution is 1.97. The van der Waals surface area contributed by atoms with Gasteiger partial charge in [0.25, 0.3) is 0 Å².